The van der Waals surface area contributed by atoms with Crippen LogP contribution in [0.4, 0.5) is 0 Å². The van der Waals surface area contributed by atoms with Crippen molar-refractivity contribution in [2.24, 2.45) is 17.4 Å². The van der Waals surface area contributed by atoms with Crippen LogP contribution >= 0.6 is 36.2 Å². The van der Waals surface area contributed by atoms with Gasteiger partial charge in [-0.25, -0.2) is 0 Å². The van der Waals surface area contributed by atoms with Gasteiger partial charge >= 0.3 is 0 Å². The summed E-state index contributed by atoms with van der Waals surface area (Å²) >= 11 is 1.64. The Balaban J connectivity index is 0.00000272. The molecule has 0 fully saturated rings. The lowest BCUT2D eigenvalue weighted by atomic mass is 9.88. The second-order valence-electron chi connectivity index (χ2n) is 8.21. The van der Waals surface area contributed by atoms with Gasteiger partial charge in [0.15, 0.2) is 0 Å². The minimum absolute atomic E-state index is 0. The van der Waals surface area contributed by atoms with Crippen molar-refractivity contribution in [3.8, 4) is 11.1 Å². The molecule has 2 aromatic heterocycles. The van der Waals surface area contributed by atoms with Gasteiger partial charge in [0.2, 0.25) is 5.91 Å². The summed E-state index contributed by atoms with van der Waals surface area (Å²) in [6.45, 7) is 7.77. The number of nitrogens with two attached hydrogens (primary N) is 2. The predicted octanol–water partition coefficient (Wildman–Crippen LogP) is 4.94. The van der Waals surface area contributed by atoms with Crippen molar-refractivity contribution in [3.63, 3.8) is 0 Å². The zero-order valence-corrected chi connectivity index (χ0v) is 21.8. The molecule has 0 aliphatic heterocycles. The molecule has 0 bridgehead atoms. The highest BCUT2D eigenvalue weighted by Gasteiger charge is 2.21. The zero-order chi connectivity index (χ0) is 22.4. The molecular weight excluding hydrogens is 475 g/mol. The minimum atomic E-state index is -0.0160. The van der Waals surface area contributed by atoms with Crippen LogP contribution in [-0.4, -0.2) is 10.9 Å². The number of carbonyl (C=O) groups excluding carboxylic acids is 1. The average molecular weight is 510 g/mol. The second-order valence-corrected chi connectivity index (χ2v) is 9.24. The van der Waals surface area contributed by atoms with Crippen LogP contribution in [0, 0.1) is 12.8 Å². The number of pyridine rings is 1. The standard InChI is InChI=1S/C25H32N4OS.2ClH/c1-16(2)11-23-22(14-27)25(19-8-6-18(13-26)7-9-19)21(17(3)29-23)12-24(30)28-15-20-5-4-10-31-20;;/h4-10,16H,11-15,26-27H2,1-3H3,(H,28,30);2*1H. The summed E-state index contributed by atoms with van der Waals surface area (Å²) in [5, 5.41) is 5.05. The number of nitrogens with one attached hydrogen (secondary N) is 1. The number of aromatic nitrogens is 1. The normalized spacial score (nSPS) is 10.5. The van der Waals surface area contributed by atoms with Crippen molar-refractivity contribution in [1.29, 1.82) is 0 Å². The molecule has 0 atom stereocenters. The van der Waals surface area contributed by atoms with Gasteiger partial charge < -0.3 is 16.8 Å². The number of rotatable bonds is 9. The van der Waals surface area contributed by atoms with Crippen LogP contribution in [0.2, 0.25) is 0 Å². The van der Waals surface area contributed by atoms with Crippen LogP contribution in [0.1, 0.15) is 46.8 Å². The summed E-state index contributed by atoms with van der Waals surface area (Å²) in [7, 11) is 0. The van der Waals surface area contributed by atoms with E-state index >= 15 is 0 Å². The van der Waals surface area contributed by atoms with Crippen LogP contribution < -0.4 is 16.8 Å². The maximum atomic E-state index is 12.8. The van der Waals surface area contributed by atoms with Crippen molar-refractivity contribution in [3.05, 3.63) is 74.7 Å². The largest absolute Gasteiger partial charge is 0.351 e. The van der Waals surface area contributed by atoms with Crippen LogP contribution in [0.15, 0.2) is 41.8 Å². The van der Waals surface area contributed by atoms with E-state index in [-0.39, 0.29) is 37.1 Å². The first-order valence-corrected chi connectivity index (χ1v) is 11.6. The third-order valence-electron chi connectivity index (χ3n) is 5.35. The number of hydrogen-bond acceptors (Lipinski definition) is 5. The zero-order valence-electron chi connectivity index (χ0n) is 19.4. The van der Waals surface area contributed by atoms with Gasteiger partial charge in [-0.3, -0.25) is 9.78 Å². The Hall–Kier alpha value is -1.96. The molecule has 33 heavy (non-hydrogen) atoms. The first-order chi connectivity index (χ1) is 14.9. The minimum Gasteiger partial charge on any atom is -0.351 e. The van der Waals surface area contributed by atoms with Gasteiger partial charge in [-0.15, -0.1) is 36.2 Å². The molecule has 0 saturated heterocycles. The highest BCUT2D eigenvalue weighted by molar-refractivity contribution is 7.09. The molecule has 0 aliphatic rings. The Morgan fingerprint density at radius 1 is 1.06 bits per heavy atom. The third-order valence-corrected chi connectivity index (χ3v) is 6.23. The number of carbonyl (C=O) groups is 1. The van der Waals surface area contributed by atoms with E-state index in [1.54, 1.807) is 11.3 Å². The Morgan fingerprint density at radius 2 is 1.76 bits per heavy atom. The van der Waals surface area contributed by atoms with Gasteiger partial charge in [-0.05, 0) is 58.5 Å². The van der Waals surface area contributed by atoms with Gasteiger partial charge in [-0.2, -0.15) is 0 Å². The van der Waals surface area contributed by atoms with E-state index in [0.717, 1.165) is 50.5 Å². The highest BCUT2D eigenvalue weighted by atomic mass is 35.5. The Morgan fingerprint density at radius 3 is 2.30 bits per heavy atom. The van der Waals surface area contributed by atoms with E-state index in [2.05, 4.69) is 31.3 Å². The van der Waals surface area contributed by atoms with Crippen molar-refractivity contribution >= 4 is 42.1 Å². The Kier molecular flexibility index (Phi) is 12.0. The first-order valence-electron chi connectivity index (χ1n) is 10.7. The Bertz CT molecular complexity index is 1020. The summed E-state index contributed by atoms with van der Waals surface area (Å²) in [4.78, 5) is 18.8. The lowest BCUT2D eigenvalue weighted by molar-refractivity contribution is -0.120. The van der Waals surface area contributed by atoms with E-state index in [4.69, 9.17) is 16.5 Å². The molecule has 5 N–H and O–H groups in total. The average Bonchev–Trinajstić information content (AvgIpc) is 3.27. The number of aryl methyl sites for hydroxylation is 1. The third kappa shape index (κ3) is 7.52. The fourth-order valence-corrected chi connectivity index (χ4v) is 4.46. The van der Waals surface area contributed by atoms with Gasteiger partial charge in [0.25, 0.3) is 0 Å². The lowest BCUT2D eigenvalue weighted by Crippen LogP contribution is -2.25. The van der Waals surface area contributed by atoms with E-state index < -0.39 is 0 Å². The number of benzene rings is 1. The molecule has 1 aromatic carbocycles. The lowest BCUT2D eigenvalue weighted by Gasteiger charge is -2.21. The predicted molar refractivity (Wildman–Crippen MR) is 143 cm³/mol. The van der Waals surface area contributed by atoms with Gasteiger partial charge in [0, 0.05) is 29.4 Å². The van der Waals surface area contributed by atoms with Crippen molar-refractivity contribution in [2.75, 3.05) is 0 Å². The molecule has 3 aromatic rings. The summed E-state index contributed by atoms with van der Waals surface area (Å²) in [5.74, 6) is 0.447. The fraction of sp³-hybridized carbons (Fsp3) is 0.360. The molecule has 180 valence electrons. The number of halogens is 2. The molecule has 0 saturated carbocycles. The summed E-state index contributed by atoms with van der Waals surface area (Å²) in [5.41, 5.74) is 19.1. The van der Waals surface area contributed by atoms with Crippen LogP contribution in [0.25, 0.3) is 11.1 Å². The van der Waals surface area contributed by atoms with E-state index in [1.807, 2.05) is 36.6 Å². The highest BCUT2D eigenvalue weighted by Crippen LogP contribution is 2.33. The molecule has 2 heterocycles. The molecule has 5 nitrogen and oxygen atoms in total. The molecular formula is C25H34Cl2N4OS. The first kappa shape index (κ1) is 29.1. The summed E-state index contributed by atoms with van der Waals surface area (Å²) in [6, 6.07) is 12.2. The number of nitrogens with zero attached hydrogens (tertiary/aromatic N) is 1. The number of amides is 1. The van der Waals surface area contributed by atoms with Crippen molar-refractivity contribution in [1.82, 2.24) is 10.3 Å². The van der Waals surface area contributed by atoms with E-state index in [0.29, 0.717) is 25.6 Å². The molecule has 0 unspecified atom stereocenters. The van der Waals surface area contributed by atoms with Gasteiger partial charge in [-0.1, -0.05) is 44.2 Å². The van der Waals surface area contributed by atoms with Gasteiger partial charge in [0.05, 0.1) is 13.0 Å². The van der Waals surface area contributed by atoms with Crippen molar-refractivity contribution in [2.45, 2.75) is 53.2 Å². The maximum Gasteiger partial charge on any atom is 0.224 e. The molecule has 3 rings (SSSR count). The van der Waals surface area contributed by atoms with E-state index in [9.17, 15) is 4.79 Å². The molecule has 0 radical (unpaired) electrons. The van der Waals surface area contributed by atoms with Gasteiger partial charge in [0.1, 0.15) is 0 Å². The smallest absolute Gasteiger partial charge is 0.224 e. The summed E-state index contributed by atoms with van der Waals surface area (Å²) in [6.07, 6.45) is 1.12. The number of thiophene rings is 1. The van der Waals surface area contributed by atoms with Crippen LogP contribution in [0.5, 0.6) is 0 Å². The van der Waals surface area contributed by atoms with Crippen LogP contribution in [-0.2, 0) is 37.3 Å². The number of hydrogen-bond donors (Lipinski definition) is 3. The molecule has 0 spiro atoms. The van der Waals surface area contributed by atoms with Crippen LogP contribution in [0.3, 0.4) is 0 Å². The fourth-order valence-electron chi connectivity index (χ4n) is 3.81. The monoisotopic (exact) mass is 508 g/mol. The molecule has 8 heteroatoms. The second kappa shape index (κ2) is 13.7. The SMILES string of the molecule is Cc1nc(CC(C)C)c(CN)c(-c2ccc(CN)cc2)c1CC(=O)NCc1cccs1.Cl.Cl. The molecule has 1 amide bonds. The topological polar surface area (TPSA) is 94.0 Å². The van der Waals surface area contributed by atoms with E-state index in [1.165, 1.54) is 0 Å². The summed E-state index contributed by atoms with van der Waals surface area (Å²) < 4.78 is 0. The molecule has 0 aliphatic carbocycles. The van der Waals surface area contributed by atoms with Crippen molar-refractivity contribution < 1.29 is 4.79 Å². The Labute approximate surface area is 213 Å². The maximum absolute atomic E-state index is 12.8. The quantitative estimate of drug-likeness (QED) is 0.381.